The second-order valence-corrected chi connectivity index (χ2v) is 5.07. The monoisotopic (exact) mass is 209 g/mol. The van der Waals surface area contributed by atoms with Crippen LogP contribution in [0, 0.1) is 5.92 Å². The molecule has 88 valence electrons. The molecule has 0 rings (SSSR count). The highest BCUT2D eigenvalue weighted by atomic mass is 14.9. The minimum atomic E-state index is 0.431. The molecule has 0 aliphatic heterocycles. The Kier molecular flexibility index (Phi) is 6.58. The topological polar surface area (TPSA) is 12.0 Å². The van der Waals surface area contributed by atoms with Gasteiger partial charge in [0.15, 0.2) is 0 Å². The Labute approximate surface area is 95.7 Å². The van der Waals surface area contributed by atoms with Gasteiger partial charge in [0.25, 0.3) is 0 Å². The maximum absolute atomic E-state index is 4.11. The summed E-state index contributed by atoms with van der Waals surface area (Å²) in [4.78, 5) is 0. The second kappa shape index (κ2) is 6.84. The molecule has 0 aromatic carbocycles. The van der Waals surface area contributed by atoms with E-state index in [-0.39, 0.29) is 0 Å². The van der Waals surface area contributed by atoms with Crippen LogP contribution >= 0.6 is 0 Å². The van der Waals surface area contributed by atoms with Crippen molar-refractivity contribution in [3.05, 3.63) is 24.3 Å². The van der Waals surface area contributed by atoms with E-state index in [9.17, 15) is 0 Å². The van der Waals surface area contributed by atoms with Crippen LogP contribution in [0.2, 0.25) is 0 Å². The van der Waals surface area contributed by atoms with Crippen LogP contribution in [-0.2, 0) is 0 Å². The molecule has 0 aromatic rings. The van der Waals surface area contributed by atoms with Gasteiger partial charge in [0.1, 0.15) is 0 Å². The molecule has 0 amide bonds. The summed E-state index contributed by atoms with van der Waals surface area (Å²) in [5, 5.41) is 3.53. The van der Waals surface area contributed by atoms with Gasteiger partial charge in [-0.2, -0.15) is 0 Å². The first kappa shape index (κ1) is 14.4. The van der Waals surface area contributed by atoms with E-state index in [0.29, 0.717) is 18.0 Å². The van der Waals surface area contributed by atoms with E-state index in [0.717, 1.165) is 12.8 Å². The Balaban J connectivity index is 4.07. The zero-order chi connectivity index (χ0) is 12.0. The largest absolute Gasteiger partial charge is 0.308 e. The van der Waals surface area contributed by atoms with Crippen molar-refractivity contribution in [1.82, 2.24) is 5.32 Å². The van der Waals surface area contributed by atoms with Gasteiger partial charge in [0.05, 0.1) is 0 Å². The van der Waals surface area contributed by atoms with Crippen molar-refractivity contribution in [2.24, 2.45) is 5.92 Å². The van der Waals surface area contributed by atoms with Gasteiger partial charge >= 0.3 is 0 Å². The maximum Gasteiger partial charge on any atom is 0.0279 e. The van der Waals surface area contributed by atoms with E-state index in [4.69, 9.17) is 0 Å². The average Bonchev–Trinajstić information content (AvgIpc) is 2.10. The highest BCUT2D eigenvalue weighted by Gasteiger charge is 2.11. The van der Waals surface area contributed by atoms with Crippen molar-refractivity contribution in [3.63, 3.8) is 0 Å². The van der Waals surface area contributed by atoms with Gasteiger partial charge in [-0.25, -0.2) is 0 Å². The molecule has 0 saturated heterocycles. The van der Waals surface area contributed by atoms with E-state index < -0.39 is 0 Å². The lowest BCUT2D eigenvalue weighted by atomic mass is 9.95. The lowest BCUT2D eigenvalue weighted by molar-refractivity contribution is 0.476. The molecule has 0 bridgehead atoms. The molecule has 0 aliphatic rings. The third kappa shape index (κ3) is 6.51. The van der Waals surface area contributed by atoms with Crippen molar-refractivity contribution >= 4 is 0 Å². The smallest absolute Gasteiger partial charge is 0.0279 e. The summed E-state index contributed by atoms with van der Waals surface area (Å²) in [6, 6.07) is 0.944. The van der Waals surface area contributed by atoms with Gasteiger partial charge in [-0.05, 0) is 25.7 Å². The Morgan fingerprint density at radius 2 is 1.67 bits per heavy atom. The summed E-state index contributed by atoms with van der Waals surface area (Å²) in [7, 11) is 0. The fourth-order valence-electron chi connectivity index (χ4n) is 1.49. The second-order valence-electron chi connectivity index (χ2n) is 5.07. The molecule has 0 aliphatic carbocycles. The molecule has 0 heterocycles. The Morgan fingerprint density at radius 3 is 2.00 bits per heavy atom. The fraction of sp³-hybridized carbons (Fsp3) is 0.714. The van der Waals surface area contributed by atoms with E-state index >= 15 is 0 Å². The minimum Gasteiger partial charge on any atom is -0.308 e. The third-order valence-electron chi connectivity index (χ3n) is 2.70. The van der Waals surface area contributed by atoms with Gasteiger partial charge in [0.2, 0.25) is 0 Å². The molecule has 0 fully saturated rings. The van der Waals surface area contributed by atoms with Crippen LogP contribution in [0.4, 0.5) is 0 Å². The summed E-state index contributed by atoms with van der Waals surface area (Å²) >= 11 is 0. The van der Waals surface area contributed by atoms with Gasteiger partial charge in [-0.3, -0.25) is 0 Å². The van der Waals surface area contributed by atoms with Crippen molar-refractivity contribution in [3.8, 4) is 0 Å². The van der Waals surface area contributed by atoms with Gasteiger partial charge in [0, 0.05) is 12.1 Å². The zero-order valence-electron chi connectivity index (χ0n) is 11.1. The molecule has 0 spiro atoms. The van der Waals surface area contributed by atoms with Crippen molar-refractivity contribution in [1.29, 1.82) is 0 Å². The number of rotatable bonds is 7. The van der Waals surface area contributed by atoms with Gasteiger partial charge < -0.3 is 5.32 Å². The van der Waals surface area contributed by atoms with Crippen LogP contribution in [0.1, 0.15) is 47.5 Å². The standard InChI is InChI=1S/C14H27N/c1-10(2)13(7)8-9-14(11(3)4)15-12(5)6/h10,12,14-15H,3,7-9H2,1-2,4-6H3. The first-order valence-corrected chi connectivity index (χ1v) is 5.93. The summed E-state index contributed by atoms with van der Waals surface area (Å²) < 4.78 is 0. The highest BCUT2D eigenvalue weighted by molar-refractivity contribution is 5.05. The minimum absolute atomic E-state index is 0.431. The Morgan fingerprint density at radius 1 is 1.13 bits per heavy atom. The zero-order valence-corrected chi connectivity index (χ0v) is 11.1. The van der Waals surface area contributed by atoms with E-state index in [1.165, 1.54) is 11.1 Å². The van der Waals surface area contributed by atoms with Crippen molar-refractivity contribution in [2.75, 3.05) is 0 Å². The van der Waals surface area contributed by atoms with E-state index in [1.807, 2.05) is 0 Å². The number of nitrogens with one attached hydrogen (secondary N) is 1. The molecule has 1 nitrogen and oxygen atoms in total. The van der Waals surface area contributed by atoms with Crippen LogP contribution in [0.25, 0.3) is 0 Å². The summed E-state index contributed by atoms with van der Waals surface area (Å²) in [6.45, 7) is 19.0. The number of hydrogen-bond acceptors (Lipinski definition) is 1. The quantitative estimate of drug-likeness (QED) is 0.627. The number of allylic oxidation sites excluding steroid dienone is 1. The number of hydrogen-bond donors (Lipinski definition) is 1. The lowest BCUT2D eigenvalue weighted by Crippen LogP contribution is -2.35. The summed E-state index contributed by atoms with van der Waals surface area (Å²) in [6.07, 6.45) is 2.21. The first-order valence-electron chi connectivity index (χ1n) is 5.93. The van der Waals surface area contributed by atoms with Crippen LogP contribution in [-0.4, -0.2) is 12.1 Å². The first-order chi connectivity index (χ1) is 6.84. The van der Waals surface area contributed by atoms with Crippen LogP contribution in [0.3, 0.4) is 0 Å². The Hall–Kier alpha value is -0.560. The van der Waals surface area contributed by atoms with Crippen LogP contribution < -0.4 is 5.32 Å². The molecule has 0 aromatic heterocycles. The van der Waals surface area contributed by atoms with Gasteiger partial charge in [-0.1, -0.05) is 52.0 Å². The van der Waals surface area contributed by atoms with Crippen LogP contribution in [0.15, 0.2) is 24.3 Å². The molecule has 0 radical (unpaired) electrons. The van der Waals surface area contributed by atoms with E-state index in [2.05, 4.69) is 53.1 Å². The summed E-state index contributed by atoms with van der Waals surface area (Å²) in [5.41, 5.74) is 2.56. The Bertz CT molecular complexity index is 213. The molecule has 1 N–H and O–H groups in total. The van der Waals surface area contributed by atoms with Crippen LogP contribution in [0.5, 0.6) is 0 Å². The summed E-state index contributed by atoms with van der Waals surface area (Å²) in [5.74, 6) is 0.592. The third-order valence-corrected chi connectivity index (χ3v) is 2.70. The highest BCUT2D eigenvalue weighted by Crippen LogP contribution is 2.17. The molecular formula is C14H27N. The molecule has 1 unspecified atom stereocenters. The van der Waals surface area contributed by atoms with Crippen molar-refractivity contribution in [2.45, 2.75) is 59.5 Å². The molecular weight excluding hydrogens is 182 g/mol. The predicted molar refractivity (Wildman–Crippen MR) is 70.1 cm³/mol. The SMILES string of the molecule is C=C(CCC(NC(C)C)C(=C)C)C(C)C. The van der Waals surface area contributed by atoms with Gasteiger partial charge in [-0.15, -0.1) is 0 Å². The molecule has 0 saturated carbocycles. The molecule has 1 heteroatoms. The average molecular weight is 209 g/mol. The maximum atomic E-state index is 4.11. The molecule has 15 heavy (non-hydrogen) atoms. The normalized spacial score (nSPS) is 13.3. The van der Waals surface area contributed by atoms with E-state index in [1.54, 1.807) is 0 Å². The lowest BCUT2D eigenvalue weighted by Gasteiger charge is -2.22. The predicted octanol–water partition coefficient (Wildman–Crippen LogP) is 3.92. The van der Waals surface area contributed by atoms with Crippen molar-refractivity contribution < 1.29 is 0 Å². The molecule has 1 atom stereocenters. The fourth-order valence-corrected chi connectivity index (χ4v) is 1.49.